The maximum absolute atomic E-state index is 12.3. The fraction of sp³-hybridized carbons (Fsp3) is 0.200. The van der Waals surface area contributed by atoms with E-state index in [2.05, 4.69) is 20.7 Å². The normalized spacial score (nSPS) is 13.1. The molecule has 0 aromatic heterocycles. The van der Waals surface area contributed by atoms with E-state index in [0.29, 0.717) is 11.4 Å². The monoisotopic (exact) mass is 387 g/mol. The van der Waals surface area contributed by atoms with Crippen LogP contribution in [0.2, 0.25) is 5.02 Å². The molecule has 0 aliphatic carbocycles. The average molecular weight is 389 g/mol. The van der Waals surface area contributed by atoms with Crippen LogP contribution in [0.1, 0.15) is 12.5 Å². The van der Waals surface area contributed by atoms with Gasteiger partial charge in [-0.15, -0.1) is 0 Å². The number of hydrogen-bond donors (Lipinski definition) is 1. The predicted octanol–water partition coefficient (Wildman–Crippen LogP) is 4.01. The smallest absolute Gasteiger partial charge is 0.208 e. The predicted molar refractivity (Wildman–Crippen MR) is 89.1 cm³/mol. The Labute approximate surface area is 138 Å². The summed E-state index contributed by atoms with van der Waals surface area (Å²) in [5.74, 6) is 0. The summed E-state index contributed by atoms with van der Waals surface area (Å²) in [6, 6.07) is 13.8. The molecule has 0 amide bonds. The molecule has 112 valence electrons. The van der Waals surface area contributed by atoms with E-state index in [1.807, 2.05) is 25.1 Å². The molecule has 2 rings (SSSR count). The van der Waals surface area contributed by atoms with Gasteiger partial charge in [0, 0.05) is 15.5 Å². The van der Waals surface area contributed by atoms with Crippen LogP contribution in [0.5, 0.6) is 0 Å². The van der Waals surface area contributed by atoms with Crippen LogP contribution in [0.15, 0.2) is 57.9 Å². The second kappa shape index (κ2) is 6.92. The van der Waals surface area contributed by atoms with Gasteiger partial charge < -0.3 is 0 Å². The van der Waals surface area contributed by atoms with Crippen molar-refractivity contribution in [3.05, 3.63) is 63.6 Å². The van der Waals surface area contributed by atoms with Crippen molar-refractivity contribution in [3.63, 3.8) is 0 Å². The van der Waals surface area contributed by atoms with Crippen molar-refractivity contribution in [2.75, 3.05) is 0 Å². The minimum Gasteiger partial charge on any atom is -0.208 e. The van der Waals surface area contributed by atoms with Crippen LogP contribution < -0.4 is 4.72 Å². The lowest BCUT2D eigenvalue weighted by atomic mass is 10.1. The van der Waals surface area contributed by atoms with E-state index < -0.39 is 10.0 Å². The number of hydrogen-bond acceptors (Lipinski definition) is 2. The Kier molecular flexibility index (Phi) is 5.43. The highest BCUT2D eigenvalue weighted by atomic mass is 79.9. The zero-order chi connectivity index (χ0) is 15.5. The van der Waals surface area contributed by atoms with Crippen molar-refractivity contribution in [1.82, 2.24) is 4.72 Å². The zero-order valence-corrected chi connectivity index (χ0v) is 14.5. The molecule has 0 aliphatic heterocycles. The lowest BCUT2D eigenvalue weighted by molar-refractivity contribution is 0.560. The molecule has 1 N–H and O–H groups in total. The third-order valence-electron chi connectivity index (χ3n) is 2.89. The first-order valence-corrected chi connectivity index (χ1v) is 9.04. The molecule has 21 heavy (non-hydrogen) atoms. The molecule has 0 aliphatic rings. The molecular formula is C15H15BrClNO2S. The molecule has 0 fully saturated rings. The number of nitrogens with one attached hydrogen (secondary N) is 1. The van der Waals surface area contributed by atoms with E-state index in [0.717, 1.165) is 10.0 Å². The van der Waals surface area contributed by atoms with E-state index >= 15 is 0 Å². The molecule has 2 aromatic carbocycles. The average Bonchev–Trinajstić information content (AvgIpc) is 2.37. The molecule has 0 bridgehead atoms. The number of rotatable bonds is 5. The largest absolute Gasteiger partial charge is 0.240 e. The highest BCUT2D eigenvalue weighted by Gasteiger charge is 2.17. The van der Waals surface area contributed by atoms with Crippen LogP contribution >= 0.6 is 27.5 Å². The molecule has 0 radical (unpaired) electrons. The number of sulfonamides is 1. The van der Waals surface area contributed by atoms with Crippen molar-refractivity contribution >= 4 is 37.6 Å². The molecule has 6 heteroatoms. The maximum atomic E-state index is 12.3. The molecule has 1 unspecified atom stereocenters. The molecule has 0 heterocycles. The number of benzene rings is 2. The van der Waals surface area contributed by atoms with Gasteiger partial charge in [0.1, 0.15) is 0 Å². The highest BCUT2D eigenvalue weighted by molar-refractivity contribution is 9.10. The van der Waals surface area contributed by atoms with Gasteiger partial charge in [-0.1, -0.05) is 45.7 Å². The lowest BCUT2D eigenvalue weighted by Gasteiger charge is -2.14. The Morgan fingerprint density at radius 2 is 1.90 bits per heavy atom. The van der Waals surface area contributed by atoms with Gasteiger partial charge in [0.15, 0.2) is 0 Å². The van der Waals surface area contributed by atoms with Crippen molar-refractivity contribution in [2.24, 2.45) is 0 Å². The van der Waals surface area contributed by atoms with Gasteiger partial charge in [-0.05, 0) is 49.2 Å². The molecule has 3 nitrogen and oxygen atoms in total. The maximum Gasteiger partial charge on any atom is 0.240 e. The first-order chi connectivity index (χ1) is 9.87. The first-order valence-electron chi connectivity index (χ1n) is 6.39. The Balaban J connectivity index is 2.10. The minimum atomic E-state index is -3.53. The summed E-state index contributed by atoms with van der Waals surface area (Å²) in [6.07, 6.45) is 0.577. The molecule has 1 atom stereocenters. The van der Waals surface area contributed by atoms with Crippen molar-refractivity contribution in [3.8, 4) is 0 Å². The minimum absolute atomic E-state index is 0.229. The van der Waals surface area contributed by atoms with E-state index in [-0.39, 0.29) is 10.9 Å². The van der Waals surface area contributed by atoms with E-state index in [1.165, 1.54) is 0 Å². The molecule has 0 spiro atoms. The summed E-state index contributed by atoms with van der Waals surface area (Å²) < 4.78 is 28.0. The first kappa shape index (κ1) is 16.5. The lowest BCUT2D eigenvalue weighted by Crippen LogP contribution is -2.34. The topological polar surface area (TPSA) is 46.2 Å². The summed E-state index contributed by atoms with van der Waals surface area (Å²) in [5.41, 5.74) is 0.993. The molecule has 0 saturated carbocycles. The molecule has 2 aromatic rings. The second-order valence-corrected chi connectivity index (χ2v) is 7.88. The Hall–Kier alpha value is -0.880. The van der Waals surface area contributed by atoms with Crippen molar-refractivity contribution in [2.45, 2.75) is 24.3 Å². The molecular weight excluding hydrogens is 374 g/mol. The number of halogens is 2. The van der Waals surface area contributed by atoms with Crippen LogP contribution in [0, 0.1) is 0 Å². The SMILES string of the molecule is CC(Cc1cccc(Cl)c1)NS(=O)(=O)c1cccc(Br)c1. The van der Waals surface area contributed by atoms with Gasteiger partial charge in [-0.25, -0.2) is 13.1 Å². The fourth-order valence-corrected chi connectivity index (χ4v) is 4.08. The van der Waals surface area contributed by atoms with Crippen LogP contribution in [-0.2, 0) is 16.4 Å². The zero-order valence-electron chi connectivity index (χ0n) is 11.4. The van der Waals surface area contributed by atoms with Gasteiger partial charge >= 0.3 is 0 Å². The van der Waals surface area contributed by atoms with Crippen LogP contribution in [0.4, 0.5) is 0 Å². The summed E-state index contributed by atoms with van der Waals surface area (Å²) in [6.45, 7) is 1.83. The van der Waals surface area contributed by atoms with Crippen molar-refractivity contribution < 1.29 is 8.42 Å². The van der Waals surface area contributed by atoms with Gasteiger partial charge in [-0.2, -0.15) is 0 Å². The van der Waals surface area contributed by atoms with Crippen LogP contribution in [0.3, 0.4) is 0 Å². The quantitative estimate of drug-likeness (QED) is 0.841. The summed E-state index contributed by atoms with van der Waals surface area (Å²) in [5, 5.41) is 0.648. The van der Waals surface area contributed by atoms with Gasteiger partial charge in [0.2, 0.25) is 10.0 Å². The van der Waals surface area contributed by atoms with Crippen LogP contribution in [0.25, 0.3) is 0 Å². The summed E-state index contributed by atoms with van der Waals surface area (Å²) in [4.78, 5) is 0.245. The fourth-order valence-electron chi connectivity index (χ4n) is 2.03. The summed E-state index contributed by atoms with van der Waals surface area (Å²) >= 11 is 9.21. The van der Waals surface area contributed by atoms with Crippen molar-refractivity contribution in [1.29, 1.82) is 0 Å². The third-order valence-corrected chi connectivity index (χ3v) is 5.21. The van der Waals surface area contributed by atoms with Gasteiger partial charge in [-0.3, -0.25) is 0 Å². The Morgan fingerprint density at radius 3 is 2.57 bits per heavy atom. The van der Waals surface area contributed by atoms with Gasteiger partial charge in [0.05, 0.1) is 4.90 Å². The van der Waals surface area contributed by atoms with Crippen LogP contribution in [-0.4, -0.2) is 14.5 Å². The molecule has 0 saturated heterocycles. The standard InChI is InChI=1S/C15H15BrClNO2S/c1-11(8-12-4-2-6-14(17)9-12)18-21(19,20)15-7-3-5-13(16)10-15/h2-7,9-11,18H,8H2,1H3. The Bertz CT molecular complexity index is 734. The third kappa shape index (κ3) is 4.81. The van der Waals surface area contributed by atoms with Gasteiger partial charge in [0.25, 0.3) is 0 Å². The van der Waals surface area contributed by atoms with E-state index in [4.69, 9.17) is 11.6 Å². The summed E-state index contributed by atoms with van der Waals surface area (Å²) in [7, 11) is -3.53. The van der Waals surface area contributed by atoms with E-state index in [1.54, 1.807) is 30.3 Å². The highest BCUT2D eigenvalue weighted by Crippen LogP contribution is 2.17. The van der Waals surface area contributed by atoms with E-state index in [9.17, 15) is 8.42 Å². The second-order valence-electron chi connectivity index (χ2n) is 4.81. The Morgan fingerprint density at radius 1 is 1.19 bits per heavy atom.